The van der Waals surface area contributed by atoms with Crippen LogP contribution in [0.1, 0.15) is 58.3 Å². The van der Waals surface area contributed by atoms with Crippen LogP contribution < -0.4 is 24.0 Å². The van der Waals surface area contributed by atoms with Crippen LogP contribution in [-0.2, 0) is 9.53 Å². The Bertz CT molecular complexity index is 368. The van der Waals surface area contributed by atoms with Crippen molar-refractivity contribution in [1.82, 2.24) is 0 Å². The Kier molecular flexibility index (Phi) is 5.97. The lowest BCUT2D eigenvalue weighted by molar-refractivity contribution is -0.943. The second-order valence-corrected chi connectivity index (χ2v) is 7.56. The highest BCUT2D eigenvalue weighted by Crippen LogP contribution is 2.46. The first-order chi connectivity index (χ1) is 9.60. The minimum Gasteiger partial charge on any atom is -1.00 e. The van der Waals surface area contributed by atoms with E-state index in [0.29, 0.717) is 11.8 Å². The Balaban J connectivity index is 0.00000161. The third-order valence-corrected chi connectivity index (χ3v) is 6.27. The van der Waals surface area contributed by atoms with Crippen LogP contribution in [0.15, 0.2) is 0 Å². The van der Waals surface area contributed by atoms with Crippen molar-refractivity contribution >= 4 is 5.97 Å². The van der Waals surface area contributed by atoms with E-state index in [4.69, 9.17) is 4.74 Å². The van der Waals surface area contributed by atoms with Gasteiger partial charge in [-0.3, -0.25) is 4.79 Å². The van der Waals surface area contributed by atoms with E-state index in [2.05, 4.69) is 7.05 Å². The molecule has 1 aliphatic heterocycles. The molecule has 1 heterocycles. The van der Waals surface area contributed by atoms with Gasteiger partial charge in [-0.25, -0.2) is 0 Å². The first-order valence-electron chi connectivity index (χ1n) is 8.61. The molecule has 0 radical (unpaired) electrons. The molecule has 0 aromatic rings. The number of halogens is 1. The molecular weight excluding hydrogens is 377 g/mol. The summed E-state index contributed by atoms with van der Waals surface area (Å²) in [6, 6.07) is 0.733. The highest BCUT2D eigenvalue weighted by atomic mass is 127. The van der Waals surface area contributed by atoms with Crippen molar-refractivity contribution in [3.05, 3.63) is 0 Å². The number of fused-ring (bicyclic) bond motifs is 2. The van der Waals surface area contributed by atoms with Gasteiger partial charge in [-0.1, -0.05) is 6.42 Å². The molecule has 4 atom stereocenters. The van der Waals surface area contributed by atoms with E-state index in [1.54, 1.807) is 6.92 Å². The Morgan fingerprint density at radius 1 is 1.00 bits per heavy atom. The van der Waals surface area contributed by atoms with E-state index < -0.39 is 0 Å². The Hall–Kier alpha value is 0.160. The molecular formula is C17H30INO2. The number of hydrogen-bond acceptors (Lipinski definition) is 2. The normalized spacial score (nSPS) is 38.2. The Morgan fingerprint density at radius 3 is 2.38 bits per heavy atom. The molecule has 21 heavy (non-hydrogen) atoms. The van der Waals surface area contributed by atoms with Gasteiger partial charge in [-0.2, -0.15) is 0 Å². The standard InChI is InChI=1S/C17H30NO2.HI/c1-13(19)20-17-14-7-6-8-15(17)16(10-9-14)18(2)11-4-3-5-12-18;/h14-17H,3-12H2,1-2H3;1H/q+1;/p-1/t14?,15?,16?,17-;/m0./s1. The molecule has 0 spiro atoms. The summed E-state index contributed by atoms with van der Waals surface area (Å²) >= 11 is 0. The molecule has 2 aliphatic carbocycles. The van der Waals surface area contributed by atoms with Crippen LogP contribution in [0.25, 0.3) is 0 Å². The number of ether oxygens (including phenoxy) is 1. The summed E-state index contributed by atoms with van der Waals surface area (Å²) in [4.78, 5) is 11.5. The summed E-state index contributed by atoms with van der Waals surface area (Å²) in [7, 11) is 2.46. The zero-order valence-electron chi connectivity index (χ0n) is 13.5. The molecule has 4 heteroatoms. The summed E-state index contributed by atoms with van der Waals surface area (Å²) in [5.74, 6) is 1.19. The SMILES string of the molecule is CC(=O)O[C@H]1C2CCCC1C([N+]1(C)CCCCC1)CC2.[I-]. The van der Waals surface area contributed by atoms with Gasteiger partial charge in [0, 0.05) is 19.3 Å². The molecule has 3 unspecified atom stereocenters. The van der Waals surface area contributed by atoms with Crippen LogP contribution in [0, 0.1) is 11.8 Å². The van der Waals surface area contributed by atoms with Crippen molar-refractivity contribution in [2.75, 3.05) is 20.1 Å². The van der Waals surface area contributed by atoms with Crippen LogP contribution in [0.2, 0.25) is 0 Å². The lowest BCUT2D eigenvalue weighted by atomic mass is 9.66. The maximum absolute atomic E-state index is 11.5. The predicted molar refractivity (Wildman–Crippen MR) is 79.2 cm³/mol. The fraction of sp³-hybridized carbons (Fsp3) is 0.941. The van der Waals surface area contributed by atoms with Gasteiger partial charge >= 0.3 is 5.97 Å². The number of carbonyl (C=O) groups excluding carboxylic acids is 1. The van der Waals surface area contributed by atoms with Crippen molar-refractivity contribution in [3.8, 4) is 0 Å². The summed E-state index contributed by atoms with van der Waals surface area (Å²) in [6.45, 7) is 4.24. The van der Waals surface area contributed by atoms with Crippen LogP contribution in [-0.4, -0.2) is 42.7 Å². The van der Waals surface area contributed by atoms with Gasteiger partial charge in [-0.15, -0.1) is 0 Å². The third kappa shape index (κ3) is 3.57. The molecule has 0 amide bonds. The molecule has 1 saturated heterocycles. The fourth-order valence-electron chi connectivity index (χ4n) is 5.33. The summed E-state index contributed by atoms with van der Waals surface area (Å²) < 4.78 is 7.02. The van der Waals surface area contributed by atoms with Gasteiger partial charge in [0.1, 0.15) is 6.10 Å². The zero-order valence-corrected chi connectivity index (χ0v) is 15.7. The van der Waals surface area contributed by atoms with Gasteiger partial charge < -0.3 is 33.2 Å². The predicted octanol–water partition coefficient (Wildman–Crippen LogP) is 0.131. The van der Waals surface area contributed by atoms with Crippen LogP contribution in [0.5, 0.6) is 0 Å². The Labute approximate surface area is 146 Å². The van der Waals surface area contributed by atoms with Gasteiger partial charge in [0.25, 0.3) is 0 Å². The van der Waals surface area contributed by atoms with Crippen molar-refractivity contribution in [3.63, 3.8) is 0 Å². The van der Waals surface area contributed by atoms with Crippen molar-refractivity contribution < 1.29 is 38.0 Å². The highest BCUT2D eigenvalue weighted by molar-refractivity contribution is 5.66. The molecule has 3 fully saturated rings. The molecule has 0 N–H and O–H groups in total. The minimum atomic E-state index is -0.0751. The van der Waals surface area contributed by atoms with Crippen molar-refractivity contribution in [1.29, 1.82) is 0 Å². The quantitative estimate of drug-likeness (QED) is 0.370. The number of esters is 1. The maximum atomic E-state index is 11.5. The molecule has 2 saturated carbocycles. The van der Waals surface area contributed by atoms with Crippen LogP contribution in [0.4, 0.5) is 0 Å². The molecule has 3 rings (SSSR count). The first kappa shape index (κ1) is 17.5. The first-order valence-corrected chi connectivity index (χ1v) is 8.61. The lowest BCUT2D eigenvalue weighted by Crippen LogP contribution is -3.00. The zero-order chi connectivity index (χ0) is 14.2. The number of carbonyl (C=O) groups is 1. The van der Waals surface area contributed by atoms with Crippen molar-refractivity contribution in [2.45, 2.75) is 70.4 Å². The largest absolute Gasteiger partial charge is 1.00 e. The number of quaternary nitrogens is 1. The second-order valence-electron chi connectivity index (χ2n) is 7.56. The van der Waals surface area contributed by atoms with E-state index in [-0.39, 0.29) is 36.0 Å². The number of likely N-dealkylation sites (tertiary alicyclic amines) is 1. The Morgan fingerprint density at radius 2 is 1.71 bits per heavy atom. The third-order valence-electron chi connectivity index (χ3n) is 6.27. The van der Waals surface area contributed by atoms with Gasteiger partial charge in [-0.05, 0) is 44.4 Å². The van der Waals surface area contributed by atoms with E-state index in [9.17, 15) is 4.79 Å². The van der Waals surface area contributed by atoms with Gasteiger partial charge in [0.2, 0.25) is 0 Å². The van der Waals surface area contributed by atoms with E-state index in [1.807, 2.05) is 0 Å². The molecule has 122 valence electrons. The molecule has 3 aliphatic rings. The van der Waals surface area contributed by atoms with E-state index >= 15 is 0 Å². The number of piperidine rings is 1. The van der Waals surface area contributed by atoms with E-state index in [1.165, 1.54) is 68.9 Å². The molecule has 3 nitrogen and oxygen atoms in total. The monoisotopic (exact) mass is 407 g/mol. The van der Waals surface area contributed by atoms with Crippen LogP contribution >= 0.6 is 0 Å². The average Bonchev–Trinajstić information content (AvgIpc) is 2.38. The summed E-state index contributed by atoms with van der Waals surface area (Å²) in [6.07, 6.45) is 10.9. The minimum absolute atomic E-state index is 0. The fourth-order valence-corrected chi connectivity index (χ4v) is 5.33. The maximum Gasteiger partial charge on any atom is 0.302 e. The lowest BCUT2D eigenvalue weighted by Gasteiger charge is -2.54. The average molecular weight is 407 g/mol. The molecule has 2 bridgehead atoms. The molecule has 0 aromatic heterocycles. The second kappa shape index (κ2) is 7.16. The van der Waals surface area contributed by atoms with Gasteiger partial charge in [0.05, 0.1) is 26.2 Å². The van der Waals surface area contributed by atoms with Crippen molar-refractivity contribution in [2.24, 2.45) is 11.8 Å². The van der Waals surface area contributed by atoms with Gasteiger partial charge in [0.15, 0.2) is 0 Å². The van der Waals surface area contributed by atoms with Crippen LogP contribution in [0.3, 0.4) is 0 Å². The number of rotatable bonds is 2. The molecule has 0 aromatic carbocycles. The number of hydrogen-bond donors (Lipinski definition) is 0. The van der Waals surface area contributed by atoms with E-state index in [0.717, 1.165) is 6.04 Å². The summed E-state index contributed by atoms with van der Waals surface area (Å²) in [5.41, 5.74) is 0. The smallest absolute Gasteiger partial charge is 0.302 e. The topological polar surface area (TPSA) is 26.3 Å². The highest BCUT2D eigenvalue weighted by Gasteiger charge is 2.50. The number of nitrogens with zero attached hydrogens (tertiary/aromatic N) is 1. The summed E-state index contributed by atoms with van der Waals surface area (Å²) in [5, 5.41) is 0.